The van der Waals surface area contributed by atoms with Crippen LogP contribution in [0.3, 0.4) is 0 Å². The Morgan fingerprint density at radius 3 is 2.32 bits per heavy atom. The first-order valence-electron chi connectivity index (χ1n) is 9.93. The summed E-state index contributed by atoms with van der Waals surface area (Å²) in [7, 11) is 0. The molecule has 0 aromatic rings. The number of likely N-dealkylation sites (tertiary alicyclic amines) is 1. The molecule has 4 heteroatoms. The first-order valence-corrected chi connectivity index (χ1v) is 9.93. The van der Waals surface area contributed by atoms with Crippen LogP contribution in [0.5, 0.6) is 0 Å². The van der Waals surface area contributed by atoms with Gasteiger partial charge < -0.3 is 9.64 Å². The van der Waals surface area contributed by atoms with Crippen molar-refractivity contribution < 1.29 is 14.3 Å². The fourth-order valence-electron chi connectivity index (χ4n) is 3.44. The first-order chi connectivity index (χ1) is 11.8. The fourth-order valence-corrected chi connectivity index (χ4v) is 3.44. The Bertz CT molecular complexity index is 451. The molecular weight excluding hydrogens is 314 g/mol. The van der Waals surface area contributed by atoms with E-state index >= 15 is 0 Å². The van der Waals surface area contributed by atoms with Crippen molar-refractivity contribution in [1.29, 1.82) is 0 Å². The van der Waals surface area contributed by atoms with Gasteiger partial charge in [0.05, 0.1) is 0 Å². The van der Waals surface area contributed by atoms with Crippen LogP contribution in [0.15, 0.2) is 12.2 Å². The van der Waals surface area contributed by atoms with Crippen LogP contribution in [0.1, 0.15) is 79.6 Å². The molecule has 1 aliphatic rings. The van der Waals surface area contributed by atoms with E-state index in [9.17, 15) is 9.59 Å². The van der Waals surface area contributed by atoms with Crippen molar-refractivity contribution in [2.45, 2.75) is 85.2 Å². The Morgan fingerprint density at radius 1 is 1.08 bits per heavy atom. The molecule has 0 aromatic carbocycles. The van der Waals surface area contributed by atoms with Crippen LogP contribution in [0.4, 0.5) is 4.79 Å². The molecule has 0 bridgehead atoms. The minimum atomic E-state index is -0.503. The van der Waals surface area contributed by atoms with Crippen LogP contribution in [0.25, 0.3) is 0 Å². The highest BCUT2D eigenvalue weighted by molar-refractivity contribution is 5.92. The predicted molar refractivity (Wildman–Crippen MR) is 103 cm³/mol. The van der Waals surface area contributed by atoms with E-state index in [0.29, 0.717) is 13.1 Å². The monoisotopic (exact) mass is 351 g/mol. The molecule has 144 valence electrons. The smallest absolute Gasteiger partial charge is 0.410 e. The summed E-state index contributed by atoms with van der Waals surface area (Å²) < 4.78 is 5.49. The molecule has 2 atom stereocenters. The van der Waals surface area contributed by atoms with Crippen LogP contribution in [-0.2, 0) is 9.53 Å². The number of hydrogen-bond donors (Lipinski definition) is 0. The zero-order chi connectivity index (χ0) is 18.9. The van der Waals surface area contributed by atoms with Gasteiger partial charge in [-0.05, 0) is 46.1 Å². The van der Waals surface area contributed by atoms with Crippen molar-refractivity contribution in [3.05, 3.63) is 12.2 Å². The van der Waals surface area contributed by atoms with Gasteiger partial charge in [-0.15, -0.1) is 0 Å². The van der Waals surface area contributed by atoms with E-state index in [1.54, 1.807) is 17.1 Å². The predicted octanol–water partition coefficient (Wildman–Crippen LogP) is 5.37. The van der Waals surface area contributed by atoms with Crippen LogP contribution < -0.4 is 0 Å². The van der Waals surface area contributed by atoms with Crippen molar-refractivity contribution in [2.75, 3.05) is 13.1 Å². The van der Waals surface area contributed by atoms with Gasteiger partial charge >= 0.3 is 6.09 Å². The number of ketones is 1. The number of nitrogens with zero attached hydrogens (tertiary/aromatic N) is 1. The largest absolute Gasteiger partial charge is 0.444 e. The molecule has 4 nitrogen and oxygen atoms in total. The summed E-state index contributed by atoms with van der Waals surface area (Å²) in [6, 6.07) is 0. The Morgan fingerprint density at radius 2 is 1.72 bits per heavy atom. The number of unbranched alkanes of at least 4 members (excludes halogenated alkanes) is 5. The Kier molecular flexibility index (Phi) is 9.23. The van der Waals surface area contributed by atoms with E-state index in [1.165, 1.54) is 32.1 Å². The van der Waals surface area contributed by atoms with Crippen LogP contribution in [-0.4, -0.2) is 35.5 Å². The van der Waals surface area contributed by atoms with Gasteiger partial charge in [0.1, 0.15) is 5.60 Å². The van der Waals surface area contributed by atoms with Crippen LogP contribution in [0, 0.1) is 11.8 Å². The lowest BCUT2D eigenvalue weighted by Crippen LogP contribution is -2.35. The lowest BCUT2D eigenvalue weighted by Gasteiger charge is -2.24. The fraction of sp³-hybridized carbons (Fsp3) is 0.810. The quantitative estimate of drug-likeness (QED) is 0.415. The van der Waals surface area contributed by atoms with Crippen LogP contribution >= 0.6 is 0 Å². The summed E-state index contributed by atoms with van der Waals surface area (Å²) in [6.07, 6.45) is 11.6. The van der Waals surface area contributed by atoms with Gasteiger partial charge in [0.15, 0.2) is 5.78 Å². The molecule has 1 aliphatic heterocycles. The minimum Gasteiger partial charge on any atom is -0.444 e. The van der Waals surface area contributed by atoms with E-state index in [0.717, 1.165) is 12.8 Å². The zero-order valence-corrected chi connectivity index (χ0v) is 16.8. The number of ether oxygens (including phenoxy) is 1. The van der Waals surface area contributed by atoms with E-state index in [1.807, 2.05) is 27.7 Å². The molecule has 1 rings (SSSR count). The molecule has 0 aromatic heterocycles. The van der Waals surface area contributed by atoms with E-state index < -0.39 is 5.60 Å². The standard InChI is InChI=1S/C21H37NO3/c1-6-8-9-10-11-12-14-17-15-22(20(24)25-21(3,4)5)16-18(17)19(23)13-7-2/h7,13,17-18H,6,8-12,14-16H2,1-5H3/b13-7+/t17-,18+/m0/s1. The van der Waals surface area contributed by atoms with Crippen molar-refractivity contribution in [3.63, 3.8) is 0 Å². The first kappa shape index (κ1) is 21.7. The third kappa shape index (κ3) is 8.06. The molecule has 0 spiro atoms. The topological polar surface area (TPSA) is 46.6 Å². The molecule has 0 unspecified atom stereocenters. The van der Waals surface area contributed by atoms with Gasteiger partial charge in [0.25, 0.3) is 0 Å². The van der Waals surface area contributed by atoms with Gasteiger partial charge in [0, 0.05) is 19.0 Å². The molecule has 1 fully saturated rings. The van der Waals surface area contributed by atoms with Crippen molar-refractivity contribution in [3.8, 4) is 0 Å². The average Bonchev–Trinajstić information content (AvgIpc) is 2.94. The number of carbonyl (C=O) groups excluding carboxylic acids is 2. The molecule has 0 saturated carbocycles. The summed E-state index contributed by atoms with van der Waals surface area (Å²) >= 11 is 0. The average molecular weight is 352 g/mol. The summed E-state index contributed by atoms with van der Waals surface area (Å²) in [5.41, 5.74) is -0.503. The Balaban J connectivity index is 2.59. The van der Waals surface area contributed by atoms with Gasteiger partial charge in [-0.1, -0.05) is 51.5 Å². The van der Waals surface area contributed by atoms with E-state index in [4.69, 9.17) is 4.74 Å². The van der Waals surface area contributed by atoms with Gasteiger partial charge in [-0.25, -0.2) is 4.79 Å². The molecular formula is C21H37NO3. The second-order valence-electron chi connectivity index (χ2n) is 8.21. The highest BCUT2D eigenvalue weighted by Gasteiger charge is 2.39. The maximum atomic E-state index is 12.4. The lowest BCUT2D eigenvalue weighted by molar-refractivity contribution is -0.118. The summed E-state index contributed by atoms with van der Waals surface area (Å²) in [4.78, 5) is 26.5. The molecule has 1 heterocycles. The second kappa shape index (κ2) is 10.6. The highest BCUT2D eigenvalue weighted by atomic mass is 16.6. The lowest BCUT2D eigenvalue weighted by atomic mass is 9.87. The number of allylic oxidation sites excluding steroid dienone is 2. The van der Waals surface area contributed by atoms with E-state index in [2.05, 4.69) is 6.92 Å². The molecule has 0 radical (unpaired) electrons. The molecule has 1 saturated heterocycles. The molecule has 0 N–H and O–H groups in total. The normalized spacial score (nSPS) is 21.1. The third-order valence-corrected chi connectivity index (χ3v) is 4.72. The number of carbonyl (C=O) groups is 2. The van der Waals surface area contributed by atoms with Crippen molar-refractivity contribution in [1.82, 2.24) is 4.90 Å². The Hall–Kier alpha value is -1.32. The van der Waals surface area contributed by atoms with Crippen LogP contribution in [0.2, 0.25) is 0 Å². The Labute approximate surface area is 154 Å². The summed E-state index contributed by atoms with van der Waals surface area (Å²) in [6.45, 7) is 10.8. The maximum absolute atomic E-state index is 12.4. The van der Waals surface area contributed by atoms with Crippen molar-refractivity contribution >= 4 is 11.9 Å². The minimum absolute atomic E-state index is 0.0839. The zero-order valence-electron chi connectivity index (χ0n) is 16.8. The summed E-state index contributed by atoms with van der Waals surface area (Å²) in [5, 5.41) is 0. The summed E-state index contributed by atoms with van der Waals surface area (Å²) in [5.74, 6) is 0.311. The number of hydrogen-bond acceptors (Lipinski definition) is 3. The number of rotatable bonds is 9. The molecule has 25 heavy (non-hydrogen) atoms. The molecule has 1 amide bonds. The molecule has 0 aliphatic carbocycles. The highest BCUT2D eigenvalue weighted by Crippen LogP contribution is 2.30. The van der Waals surface area contributed by atoms with E-state index in [-0.39, 0.29) is 23.7 Å². The second-order valence-corrected chi connectivity index (χ2v) is 8.21. The van der Waals surface area contributed by atoms with Gasteiger partial charge in [-0.2, -0.15) is 0 Å². The van der Waals surface area contributed by atoms with Gasteiger partial charge in [-0.3, -0.25) is 4.79 Å². The van der Waals surface area contributed by atoms with Gasteiger partial charge in [0.2, 0.25) is 0 Å². The number of amides is 1. The SMILES string of the molecule is C/C=C/C(=O)[C@@H]1CN(C(=O)OC(C)(C)C)C[C@@H]1CCCCCCCC. The van der Waals surface area contributed by atoms with Crippen molar-refractivity contribution in [2.24, 2.45) is 11.8 Å². The third-order valence-electron chi connectivity index (χ3n) is 4.72. The maximum Gasteiger partial charge on any atom is 0.410 e.